The number of hydrogen-bond donors (Lipinski definition) is 4. The van der Waals surface area contributed by atoms with Gasteiger partial charge in [-0.25, -0.2) is 14.8 Å². The molecular formula is C21H36Cl2FN5O2. The quantitative estimate of drug-likeness (QED) is 0.267. The molecule has 10 heteroatoms. The number of hydrogen-bond acceptors (Lipinski definition) is 5. The van der Waals surface area contributed by atoms with Crippen molar-refractivity contribution < 1.29 is 13.9 Å². The molecular weight excluding hydrogens is 444 g/mol. The lowest BCUT2D eigenvalue weighted by Crippen LogP contribution is -2.50. The minimum absolute atomic E-state index is 0.0410. The zero-order valence-corrected chi connectivity index (χ0v) is 19.9. The van der Waals surface area contributed by atoms with Crippen LogP contribution < -0.4 is 21.5 Å². The third kappa shape index (κ3) is 7.42. The Labute approximate surface area is 194 Å². The van der Waals surface area contributed by atoms with E-state index in [0.717, 1.165) is 32.1 Å². The number of carbonyl (C=O) groups excluding carboxylic acids is 1. The van der Waals surface area contributed by atoms with E-state index < -0.39 is 17.5 Å². The van der Waals surface area contributed by atoms with E-state index in [0.29, 0.717) is 42.7 Å². The zero-order valence-electron chi connectivity index (χ0n) is 18.4. The first kappa shape index (κ1) is 25.0. The van der Waals surface area contributed by atoms with E-state index in [9.17, 15) is 9.18 Å². The van der Waals surface area contributed by atoms with Gasteiger partial charge in [0.25, 0.3) is 0 Å². The molecule has 4 N–H and O–H groups in total. The summed E-state index contributed by atoms with van der Waals surface area (Å²) in [7, 11) is 1.63. The van der Waals surface area contributed by atoms with Crippen LogP contribution >= 0.6 is 23.2 Å². The summed E-state index contributed by atoms with van der Waals surface area (Å²) in [5, 5.41) is 5.90. The number of nitrogens with zero attached hydrogens (tertiary/aromatic N) is 1. The first-order valence-corrected chi connectivity index (χ1v) is 12.3. The molecule has 0 bridgehead atoms. The van der Waals surface area contributed by atoms with Crippen molar-refractivity contribution in [2.24, 2.45) is 16.8 Å². The number of carbonyl (C=O) groups is 1. The largest absolute Gasteiger partial charge is 0.383 e. The second-order valence-electron chi connectivity index (χ2n) is 9.17. The summed E-state index contributed by atoms with van der Waals surface area (Å²) in [6, 6.07) is 0.290. The number of aliphatic imine (C=N–C) groups is 1. The van der Waals surface area contributed by atoms with E-state index >= 15 is 0 Å². The minimum Gasteiger partial charge on any atom is -0.383 e. The van der Waals surface area contributed by atoms with Gasteiger partial charge < -0.3 is 10.1 Å². The highest BCUT2D eigenvalue weighted by molar-refractivity contribution is 6.21. The molecule has 1 amide bonds. The van der Waals surface area contributed by atoms with Gasteiger partial charge >= 0.3 is 0 Å². The number of alkyl halides is 3. The Hall–Kier alpha value is -0.670. The highest BCUT2D eigenvalue weighted by atomic mass is 35.5. The number of nitrogens with one attached hydrogen (secondary N) is 4. The summed E-state index contributed by atoms with van der Waals surface area (Å²) in [6.45, 7) is 2.43. The molecule has 31 heavy (non-hydrogen) atoms. The van der Waals surface area contributed by atoms with Gasteiger partial charge in [0.05, 0.1) is 12.0 Å². The SMILES string of the molecule is COC[C@H](C)N/C(=N\C1CC(C2CCC(Cl)CC2)NN1)NC(=O)C1CCC(Cl)C(F)C1. The third-order valence-corrected chi connectivity index (χ3v) is 7.50. The average molecular weight is 480 g/mol. The number of guanidine groups is 1. The molecule has 0 aromatic heterocycles. The van der Waals surface area contributed by atoms with Gasteiger partial charge in [0.2, 0.25) is 5.91 Å². The van der Waals surface area contributed by atoms with Crippen LogP contribution in [0.5, 0.6) is 0 Å². The second kappa shape index (κ2) is 12.0. The molecule has 178 valence electrons. The Bertz CT molecular complexity index is 621. The molecule has 6 atom stereocenters. The normalized spacial score (nSPS) is 38.0. The lowest BCUT2D eigenvalue weighted by atomic mass is 9.83. The van der Waals surface area contributed by atoms with Crippen LogP contribution in [0.15, 0.2) is 4.99 Å². The molecule has 3 fully saturated rings. The molecule has 5 unspecified atom stereocenters. The summed E-state index contributed by atoms with van der Waals surface area (Å²) in [5.74, 6) is 0.351. The molecule has 3 aliphatic rings. The Morgan fingerprint density at radius 3 is 2.58 bits per heavy atom. The average Bonchev–Trinajstić information content (AvgIpc) is 3.19. The zero-order chi connectivity index (χ0) is 22.4. The van der Waals surface area contributed by atoms with Gasteiger partial charge in [-0.1, -0.05) is 0 Å². The van der Waals surface area contributed by atoms with Gasteiger partial charge in [0, 0.05) is 36.9 Å². The number of halogens is 3. The van der Waals surface area contributed by atoms with E-state index in [4.69, 9.17) is 32.9 Å². The first-order chi connectivity index (χ1) is 14.9. The van der Waals surface area contributed by atoms with E-state index in [-0.39, 0.29) is 24.5 Å². The van der Waals surface area contributed by atoms with Crippen LogP contribution in [-0.2, 0) is 9.53 Å². The fourth-order valence-electron chi connectivity index (χ4n) is 4.76. The van der Waals surface area contributed by atoms with E-state index in [1.807, 2.05) is 6.92 Å². The van der Waals surface area contributed by atoms with Crippen LogP contribution in [0.4, 0.5) is 4.39 Å². The number of ether oxygens (including phenoxy) is 1. The lowest BCUT2D eigenvalue weighted by Gasteiger charge is -2.29. The Morgan fingerprint density at radius 2 is 1.90 bits per heavy atom. The fraction of sp³-hybridized carbons (Fsp3) is 0.905. The second-order valence-corrected chi connectivity index (χ2v) is 10.3. The highest BCUT2D eigenvalue weighted by Gasteiger charge is 2.35. The Kier molecular flexibility index (Phi) is 9.65. The van der Waals surface area contributed by atoms with Crippen LogP contribution in [0.2, 0.25) is 0 Å². The molecule has 0 aromatic carbocycles. The topological polar surface area (TPSA) is 86.8 Å². The van der Waals surface area contributed by atoms with Crippen LogP contribution in [-0.4, -0.2) is 60.8 Å². The summed E-state index contributed by atoms with van der Waals surface area (Å²) in [5.41, 5.74) is 6.62. The molecule has 7 nitrogen and oxygen atoms in total. The first-order valence-electron chi connectivity index (χ1n) is 11.4. The van der Waals surface area contributed by atoms with Crippen molar-refractivity contribution in [2.75, 3.05) is 13.7 Å². The van der Waals surface area contributed by atoms with Crippen molar-refractivity contribution in [3.63, 3.8) is 0 Å². The third-order valence-electron chi connectivity index (χ3n) is 6.57. The molecule has 2 saturated carbocycles. The van der Waals surface area contributed by atoms with Gasteiger partial charge in [-0.05, 0) is 57.8 Å². The van der Waals surface area contributed by atoms with Crippen molar-refractivity contribution >= 4 is 35.1 Å². The molecule has 1 saturated heterocycles. The van der Waals surface area contributed by atoms with Crippen LogP contribution in [0.1, 0.15) is 58.3 Å². The standard InChI is InChI=1S/C21H36Cl2FN5O2/c1-12(11-31-2)25-21(27-20(30)14-5-8-16(23)17(24)9-14)26-19-10-18(28-29-19)13-3-6-15(22)7-4-13/h12-19,28-29H,3-11H2,1-2H3,(H2,25,26,27,30)/t12-,13?,14?,15?,16?,17?,18?,19?/m0/s1. The maximum atomic E-state index is 14.0. The van der Waals surface area contributed by atoms with E-state index in [2.05, 4.69) is 21.5 Å². The van der Waals surface area contributed by atoms with Crippen molar-refractivity contribution in [1.82, 2.24) is 21.5 Å². The molecule has 1 aliphatic heterocycles. The maximum Gasteiger partial charge on any atom is 0.229 e. The van der Waals surface area contributed by atoms with Crippen molar-refractivity contribution in [2.45, 2.75) is 93.5 Å². The predicted octanol–water partition coefficient (Wildman–Crippen LogP) is 2.82. The summed E-state index contributed by atoms with van der Waals surface area (Å²) in [4.78, 5) is 17.5. The molecule has 3 rings (SSSR count). The number of hydrazine groups is 1. The molecule has 1 heterocycles. The van der Waals surface area contributed by atoms with Crippen LogP contribution in [0.3, 0.4) is 0 Å². The highest BCUT2D eigenvalue weighted by Crippen LogP contribution is 2.32. The molecule has 0 spiro atoms. The number of rotatable bonds is 6. The summed E-state index contributed by atoms with van der Waals surface area (Å²) < 4.78 is 19.2. The van der Waals surface area contributed by atoms with Crippen molar-refractivity contribution in [1.29, 1.82) is 0 Å². The molecule has 0 radical (unpaired) electrons. The summed E-state index contributed by atoms with van der Waals surface area (Å²) in [6.07, 6.45) is 5.08. The van der Waals surface area contributed by atoms with Gasteiger partial charge in [-0.3, -0.25) is 15.5 Å². The maximum absolute atomic E-state index is 14.0. The predicted molar refractivity (Wildman–Crippen MR) is 122 cm³/mol. The van der Waals surface area contributed by atoms with Gasteiger partial charge in [0.1, 0.15) is 12.3 Å². The van der Waals surface area contributed by atoms with E-state index in [1.54, 1.807) is 7.11 Å². The van der Waals surface area contributed by atoms with Crippen LogP contribution in [0.25, 0.3) is 0 Å². The molecule has 0 aromatic rings. The van der Waals surface area contributed by atoms with Gasteiger partial charge in [-0.2, -0.15) is 0 Å². The summed E-state index contributed by atoms with van der Waals surface area (Å²) >= 11 is 12.2. The Balaban J connectivity index is 1.60. The van der Waals surface area contributed by atoms with Crippen molar-refractivity contribution in [3.05, 3.63) is 0 Å². The Morgan fingerprint density at radius 1 is 1.16 bits per heavy atom. The molecule has 2 aliphatic carbocycles. The van der Waals surface area contributed by atoms with E-state index in [1.165, 1.54) is 0 Å². The fourth-order valence-corrected chi connectivity index (χ4v) is 5.24. The lowest BCUT2D eigenvalue weighted by molar-refractivity contribution is -0.125. The van der Waals surface area contributed by atoms with Crippen LogP contribution in [0, 0.1) is 11.8 Å². The number of methoxy groups -OCH3 is 1. The monoisotopic (exact) mass is 479 g/mol. The van der Waals surface area contributed by atoms with Gasteiger partial charge in [0.15, 0.2) is 5.96 Å². The van der Waals surface area contributed by atoms with Crippen molar-refractivity contribution in [3.8, 4) is 0 Å². The van der Waals surface area contributed by atoms with Gasteiger partial charge in [-0.15, -0.1) is 23.2 Å². The number of amides is 1. The minimum atomic E-state index is -1.16. The smallest absolute Gasteiger partial charge is 0.229 e.